The van der Waals surface area contributed by atoms with Gasteiger partial charge < -0.3 is 5.11 Å². The number of allylic oxidation sites excluding steroid dienone is 2. The second kappa shape index (κ2) is 7.99. The predicted molar refractivity (Wildman–Crippen MR) is 124 cm³/mol. The molecule has 0 amide bonds. The number of hydrogen-bond donors (Lipinski definition) is 1. The molecular formula is C28H48O. The van der Waals surface area contributed by atoms with Gasteiger partial charge in [0, 0.05) is 0 Å². The van der Waals surface area contributed by atoms with Crippen LogP contribution in [0.15, 0.2) is 12.2 Å². The molecule has 1 heteroatoms. The first-order valence-electron chi connectivity index (χ1n) is 13.0. The molecule has 0 bridgehead atoms. The first-order valence-corrected chi connectivity index (χ1v) is 13.0. The van der Waals surface area contributed by atoms with Crippen molar-refractivity contribution >= 4 is 0 Å². The SMILES string of the molecule is CC(C)[C@@H](C)C=C[C@@H](C)[C@H]1CC[C@H]2[C@@H]3CC[C@H]4C[C@@H](O)CC[C@]4(C)[C@H]3CC[C@]12C. The Morgan fingerprint density at radius 3 is 2.21 bits per heavy atom. The average molecular weight is 401 g/mol. The van der Waals surface area contributed by atoms with E-state index >= 15 is 0 Å². The Labute approximate surface area is 181 Å². The van der Waals surface area contributed by atoms with Gasteiger partial charge in [0.15, 0.2) is 0 Å². The summed E-state index contributed by atoms with van der Waals surface area (Å²) in [7, 11) is 0. The van der Waals surface area contributed by atoms with E-state index in [1.165, 1.54) is 44.9 Å². The Balaban J connectivity index is 1.50. The number of fused-ring (bicyclic) bond motifs is 5. The Morgan fingerprint density at radius 2 is 1.48 bits per heavy atom. The van der Waals surface area contributed by atoms with Crippen molar-refractivity contribution in [1.82, 2.24) is 0 Å². The highest BCUT2D eigenvalue weighted by Gasteiger charge is 2.60. The molecule has 29 heavy (non-hydrogen) atoms. The Morgan fingerprint density at radius 1 is 0.793 bits per heavy atom. The van der Waals surface area contributed by atoms with Gasteiger partial charge in [-0.2, -0.15) is 0 Å². The van der Waals surface area contributed by atoms with E-state index in [0.29, 0.717) is 16.7 Å². The zero-order valence-corrected chi connectivity index (χ0v) is 20.2. The summed E-state index contributed by atoms with van der Waals surface area (Å²) in [5, 5.41) is 10.3. The molecule has 0 aromatic heterocycles. The van der Waals surface area contributed by atoms with Gasteiger partial charge >= 0.3 is 0 Å². The van der Waals surface area contributed by atoms with E-state index < -0.39 is 0 Å². The molecule has 10 atom stereocenters. The number of aliphatic hydroxyl groups excluding tert-OH is 1. The van der Waals surface area contributed by atoms with Gasteiger partial charge in [0.25, 0.3) is 0 Å². The zero-order chi connectivity index (χ0) is 21.0. The van der Waals surface area contributed by atoms with E-state index in [9.17, 15) is 5.11 Å². The van der Waals surface area contributed by atoms with Crippen LogP contribution in [-0.4, -0.2) is 11.2 Å². The molecule has 4 fully saturated rings. The normalized spacial score (nSPS) is 49.5. The van der Waals surface area contributed by atoms with E-state index in [2.05, 4.69) is 53.7 Å². The topological polar surface area (TPSA) is 20.2 Å². The lowest BCUT2D eigenvalue weighted by Crippen LogP contribution is -2.54. The second-order valence-electron chi connectivity index (χ2n) is 12.7. The summed E-state index contributed by atoms with van der Waals surface area (Å²) in [5.41, 5.74) is 1.07. The molecule has 4 aliphatic rings. The summed E-state index contributed by atoms with van der Waals surface area (Å²) in [4.78, 5) is 0. The molecule has 0 unspecified atom stereocenters. The van der Waals surface area contributed by atoms with Crippen LogP contribution in [0.2, 0.25) is 0 Å². The van der Waals surface area contributed by atoms with Gasteiger partial charge in [-0.3, -0.25) is 0 Å². The van der Waals surface area contributed by atoms with Crippen LogP contribution in [0.25, 0.3) is 0 Å². The average Bonchev–Trinajstić information content (AvgIpc) is 3.03. The van der Waals surface area contributed by atoms with Gasteiger partial charge in [0.1, 0.15) is 0 Å². The van der Waals surface area contributed by atoms with E-state index in [1.54, 1.807) is 0 Å². The molecule has 1 N–H and O–H groups in total. The molecule has 0 heterocycles. The highest BCUT2D eigenvalue weighted by atomic mass is 16.3. The molecule has 4 rings (SSSR count). The summed E-state index contributed by atoms with van der Waals surface area (Å²) in [6.07, 6.45) is 17.1. The number of rotatable bonds is 4. The van der Waals surface area contributed by atoms with Gasteiger partial charge in [-0.1, -0.05) is 53.7 Å². The van der Waals surface area contributed by atoms with Crippen LogP contribution in [0.1, 0.15) is 99.3 Å². The van der Waals surface area contributed by atoms with Crippen LogP contribution in [0, 0.1) is 58.2 Å². The standard InChI is InChI=1S/C28H48O/c1-18(2)19(3)7-8-20(4)24-11-12-25-23-10-9-21-17-22(29)13-15-27(21,5)26(23)14-16-28(24,25)6/h7-8,18-26,29H,9-17H2,1-6H3/t19-,20+,21-,22-,23-,24+,25-,26-,27-,28+/m0/s1. The third-order valence-electron chi connectivity index (χ3n) is 11.1. The quantitative estimate of drug-likeness (QED) is 0.485. The molecular weight excluding hydrogens is 352 g/mol. The van der Waals surface area contributed by atoms with Crippen LogP contribution in [0.4, 0.5) is 0 Å². The molecule has 0 spiro atoms. The van der Waals surface area contributed by atoms with Gasteiger partial charge in [-0.15, -0.1) is 0 Å². The second-order valence-corrected chi connectivity index (χ2v) is 12.7. The number of hydrogen-bond acceptors (Lipinski definition) is 1. The van der Waals surface area contributed by atoms with Crippen molar-refractivity contribution in [3.8, 4) is 0 Å². The summed E-state index contributed by atoms with van der Waals surface area (Å²) >= 11 is 0. The van der Waals surface area contributed by atoms with E-state index in [-0.39, 0.29) is 6.10 Å². The fraction of sp³-hybridized carbons (Fsp3) is 0.929. The van der Waals surface area contributed by atoms with Gasteiger partial charge in [-0.25, -0.2) is 0 Å². The highest BCUT2D eigenvalue weighted by Crippen LogP contribution is 2.68. The minimum atomic E-state index is -0.0183. The fourth-order valence-electron chi connectivity index (χ4n) is 8.85. The minimum Gasteiger partial charge on any atom is -0.393 e. The lowest BCUT2D eigenvalue weighted by molar-refractivity contribution is -0.128. The zero-order valence-electron chi connectivity index (χ0n) is 20.2. The van der Waals surface area contributed by atoms with Crippen LogP contribution < -0.4 is 0 Å². The lowest BCUT2D eigenvalue weighted by atomic mass is 9.44. The third-order valence-corrected chi connectivity index (χ3v) is 11.1. The highest BCUT2D eigenvalue weighted by molar-refractivity contribution is 5.11. The maximum absolute atomic E-state index is 10.3. The van der Waals surface area contributed by atoms with Gasteiger partial charge in [0.05, 0.1) is 6.10 Å². The molecule has 0 aromatic carbocycles. The monoisotopic (exact) mass is 400 g/mol. The molecule has 4 aliphatic carbocycles. The summed E-state index contributed by atoms with van der Waals surface area (Å²) in [5.74, 6) is 6.66. The van der Waals surface area contributed by atoms with Gasteiger partial charge in [0.2, 0.25) is 0 Å². The van der Waals surface area contributed by atoms with Crippen LogP contribution in [-0.2, 0) is 0 Å². The van der Waals surface area contributed by atoms with Crippen molar-refractivity contribution in [2.45, 2.75) is 105 Å². The van der Waals surface area contributed by atoms with Crippen molar-refractivity contribution in [2.75, 3.05) is 0 Å². The summed E-state index contributed by atoms with van der Waals surface area (Å²) in [6, 6.07) is 0. The molecule has 166 valence electrons. The van der Waals surface area contributed by atoms with Crippen molar-refractivity contribution in [3.63, 3.8) is 0 Å². The van der Waals surface area contributed by atoms with Crippen molar-refractivity contribution in [3.05, 3.63) is 12.2 Å². The molecule has 1 nitrogen and oxygen atoms in total. The van der Waals surface area contributed by atoms with Crippen molar-refractivity contribution < 1.29 is 5.11 Å². The Kier molecular flexibility index (Phi) is 6.04. The molecule has 0 saturated heterocycles. The Bertz CT molecular complexity index is 607. The first-order chi connectivity index (χ1) is 13.7. The minimum absolute atomic E-state index is 0.0183. The maximum atomic E-state index is 10.3. The maximum Gasteiger partial charge on any atom is 0.0543 e. The largest absolute Gasteiger partial charge is 0.393 e. The summed E-state index contributed by atoms with van der Waals surface area (Å²) in [6.45, 7) is 14.9. The van der Waals surface area contributed by atoms with E-state index in [0.717, 1.165) is 54.3 Å². The van der Waals surface area contributed by atoms with Crippen molar-refractivity contribution in [1.29, 1.82) is 0 Å². The van der Waals surface area contributed by atoms with E-state index in [4.69, 9.17) is 0 Å². The van der Waals surface area contributed by atoms with Crippen molar-refractivity contribution in [2.24, 2.45) is 58.2 Å². The lowest BCUT2D eigenvalue weighted by Gasteiger charge is -2.61. The fourth-order valence-corrected chi connectivity index (χ4v) is 8.85. The van der Waals surface area contributed by atoms with Crippen LogP contribution in [0.5, 0.6) is 0 Å². The van der Waals surface area contributed by atoms with E-state index in [1.807, 2.05) is 0 Å². The van der Waals surface area contributed by atoms with Crippen LogP contribution in [0.3, 0.4) is 0 Å². The molecule has 0 radical (unpaired) electrons. The predicted octanol–water partition coefficient (Wildman–Crippen LogP) is 7.49. The van der Waals surface area contributed by atoms with Crippen LogP contribution >= 0.6 is 0 Å². The smallest absolute Gasteiger partial charge is 0.0543 e. The molecule has 0 aromatic rings. The van der Waals surface area contributed by atoms with Gasteiger partial charge in [-0.05, 0) is 116 Å². The first kappa shape index (κ1) is 21.9. The summed E-state index contributed by atoms with van der Waals surface area (Å²) < 4.78 is 0. The third kappa shape index (κ3) is 3.66. The molecule has 0 aliphatic heterocycles. The number of aliphatic hydroxyl groups is 1. The Hall–Kier alpha value is -0.300. The molecule has 4 saturated carbocycles.